The van der Waals surface area contributed by atoms with Crippen molar-refractivity contribution in [2.24, 2.45) is 4.99 Å². The van der Waals surface area contributed by atoms with Gasteiger partial charge in [0.15, 0.2) is 0 Å². The van der Waals surface area contributed by atoms with Gasteiger partial charge in [-0.1, -0.05) is 56.0 Å². The molecule has 3 aromatic rings. The van der Waals surface area contributed by atoms with E-state index in [4.69, 9.17) is 0 Å². The molecule has 156 valence electrons. The van der Waals surface area contributed by atoms with Gasteiger partial charge in [0.2, 0.25) is 0 Å². The third-order valence-electron chi connectivity index (χ3n) is 5.24. The number of nitrogens with one attached hydrogen (secondary N) is 2. The summed E-state index contributed by atoms with van der Waals surface area (Å²) in [5.41, 5.74) is 6.84. The van der Waals surface area contributed by atoms with E-state index in [1.807, 2.05) is 31.5 Å². The molecule has 30 heavy (non-hydrogen) atoms. The maximum absolute atomic E-state index is 4.40. The lowest BCUT2D eigenvalue weighted by molar-refractivity contribution is 0.811. The third-order valence-corrected chi connectivity index (χ3v) is 5.24. The lowest BCUT2D eigenvalue weighted by atomic mass is 10.0. The lowest BCUT2D eigenvalue weighted by Gasteiger charge is -2.05. The first-order valence-electron chi connectivity index (χ1n) is 10.7. The minimum atomic E-state index is 0.825. The second kappa shape index (κ2) is 10.7. The van der Waals surface area contributed by atoms with Gasteiger partial charge < -0.3 is 5.32 Å². The van der Waals surface area contributed by atoms with Gasteiger partial charge in [0, 0.05) is 36.8 Å². The van der Waals surface area contributed by atoms with E-state index < -0.39 is 0 Å². The molecule has 0 amide bonds. The van der Waals surface area contributed by atoms with Crippen LogP contribution in [0.3, 0.4) is 0 Å². The summed E-state index contributed by atoms with van der Waals surface area (Å²) in [6, 6.07) is 15.7. The van der Waals surface area contributed by atoms with Crippen LogP contribution in [-0.2, 0) is 6.42 Å². The van der Waals surface area contributed by atoms with Crippen LogP contribution >= 0.6 is 0 Å². The standard InChI is InChI=1S/C22H23N3.C4H9N/c1-4-6-19(15-23-3)18-10-7-17(8-11-18)14-22-20-13-16(5-2)9-12-21(20)24-25-22;1-5-4-2-3-4/h5-13,15H,2,4,14H2,1,3H3,(H,24,25);4-5H,2-3H2,1H3/b19-6+,23-15?;. The average molecular weight is 401 g/mol. The van der Waals surface area contributed by atoms with Crippen LogP contribution in [0, 0.1) is 0 Å². The first-order valence-corrected chi connectivity index (χ1v) is 10.7. The number of rotatable bonds is 7. The number of hydrogen-bond donors (Lipinski definition) is 2. The molecule has 0 unspecified atom stereocenters. The Hall–Kier alpha value is -2.98. The maximum Gasteiger partial charge on any atom is 0.0924 e. The lowest BCUT2D eigenvalue weighted by Crippen LogP contribution is -2.06. The zero-order chi connectivity index (χ0) is 21.3. The van der Waals surface area contributed by atoms with Gasteiger partial charge in [0.25, 0.3) is 0 Å². The molecule has 1 heterocycles. The highest BCUT2D eigenvalue weighted by atomic mass is 15.1. The Balaban J connectivity index is 0.000000448. The number of aliphatic imine (C=N–C) groups is 1. The average Bonchev–Trinajstić information content (AvgIpc) is 3.55. The van der Waals surface area contributed by atoms with Crippen LogP contribution in [0.25, 0.3) is 22.6 Å². The Morgan fingerprint density at radius 2 is 2.00 bits per heavy atom. The second-order valence-electron chi connectivity index (χ2n) is 7.57. The van der Waals surface area contributed by atoms with Crippen LogP contribution in [0.5, 0.6) is 0 Å². The van der Waals surface area contributed by atoms with Crippen molar-refractivity contribution in [1.82, 2.24) is 15.5 Å². The predicted molar refractivity (Wildman–Crippen MR) is 130 cm³/mol. The van der Waals surface area contributed by atoms with E-state index in [9.17, 15) is 0 Å². The second-order valence-corrected chi connectivity index (χ2v) is 7.57. The van der Waals surface area contributed by atoms with E-state index in [2.05, 4.69) is 70.4 Å². The summed E-state index contributed by atoms with van der Waals surface area (Å²) >= 11 is 0. The number of aromatic nitrogens is 2. The highest BCUT2D eigenvalue weighted by Crippen LogP contribution is 2.22. The van der Waals surface area contributed by atoms with Gasteiger partial charge >= 0.3 is 0 Å². The van der Waals surface area contributed by atoms with E-state index in [1.54, 1.807) is 7.05 Å². The Bertz CT molecular complexity index is 1020. The van der Waals surface area contributed by atoms with E-state index in [0.717, 1.165) is 41.0 Å². The minimum absolute atomic E-state index is 0.825. The molecule has 0 atom stereocenters. The van der Waals surface area contributed by atoms with Crippen LogP contribution in [0.1, 0.15) is 48.6 Å². The quantitative estimate of drug-likeness (QED) is 0.503. The molecule has 1 aliphatic rings. The monoisotopic (exact) mass is 400 g/mol. The molecule has 0 spiro atoms. The Morgan fingerprint density at radius 1 is 1.23 bits per heavy atom. The van der Waals surface area contributed by atoms with E-state index in [1.165, 1.54) is 29.5 Å². The van der Waals surface area contributed by atoms with E-state index in [-0.39, 0.29) is 0 Å². The first-order chi connectivity index (χ1) is 14.7. The summed E-state index contributed by atoms with van der Waals surface area (Å²) in [6.45, 7) is 5.98. The van der Waals surface area contributed by atoms with Crippen LogP contribution in [0.15, 0.2) is 60.1 Å². The fraction of sp³-hybridized carbons (Fsp3) is 0.308. The number of allylic oxidation sites excluding steroid dienone is 2. The van der Waals surface area contributed by atoms with E-state index in [0.29, 0.717) is 0 Å². The molecular weight excluding hydrogens is 368 g/mol. The smallest absolute Gasteiger partial charge is 0.0924 e. The van der Waals surface area contributed by atoms with Crippen LogP contribution < -0.4 is 5.32 Å². The SMILES string of the molecule is C=Cc1ccc2n[nH]c(Cc3ccc(/C(C=NC)=C/CC)cc3)c2c1.CNC1CC1. The van der Waals surface area contributed by atoms with Gasteiger partial charge in [-0.3, -0.25) is 10.1 Å². The topological polar surface area (TPSA) is 53.1 Å². The molecule has 4 heteroatoms. The highest BCUT2D eigenvalue weighted by Gasteiger charge is 2.17. The van der Waals surface area contributed by atoms with Crippen molar-refractivity contribution in [3.63, 3.8) is 0 Å². The van der Waals surface area contributed by atoms with Gasteiger partial charge in [0.1, 0.15) is 0 Å². The first kappa shape index (κ1) is 21.7. The van der Waals surface area contributed by atoms with Crippen molar-refractivity contribution in [2.75, 3.05) is 14.1 Å². The number of aromatic amines is 1. The Kier molecular flexibility index (Phi) is 7.75. The predicted octanol–water partition coefficient (Wildman–Crippen LogP) is 5.66. The maximum atomic E-state index is 4.40. The van der Waals surface area contributed by atoms with Crippen molar-refractivity contribution in [1.29, 1.82) is 0 Å². The van der Waals surface area contributed by atoms with Crippen LogP contribution in [0.2, 0.25) is 0 Å². The molecule has 4 rings (SSSR count). The summed E-state index contributed by atoms with van der Waals surface area (Å²) in [7, 11) is 3.82. The zero-order valence-corrected chi connectivity index (χ0v) is 18.3. The molecule has 2 N–H and O–H groups in total. The number of nitrogens with zero attached hydrogens (tertiary/aromatic N) is 2. The normalized spacial score (nSPS) is 14.0. The number of benzene rings is 2. The fourth-order valence-corrected chi connectivity index (χ4v) is 3.34. The fourth-order valence-electron chi connectivity index (χ4n) is 3.34. The molecule has 1 aromatic heterocycles. The van der Waals surface area contributed by atoms with Gasteiger partial charge in [-0.15, -0.1) is 0 Å². The summed E-state index contributed by atoms with van der Waals surface area (Å²) in [6.07, 6.45) is 10.6. The van der Waals surface area contributed by atoms with Crippen molar-refractivity contribution in [2.45, 2.75) is 38.6 Å². The highest BCUT2D eigenvalue weighted by molar-refractivity contribution is 6.09. The summed E-state index contributed by atoms with van der Waals surface area (Å²) in [4.78, 5) is 4.15. The summed E-state index contributed by atoms with van der Waals surface area (Å²) in [5.74, 6) is 0. The van der Waals surface area contributed by atoms with Gasteiger partial charge in [-0.05, 0) is 60.7 Å². The largest absolute Gasteiger partial charge is 0.317 e. The summed E-state index contributed by atoms with van der Waals surface area (Å²) in [5, 5.41) is 11.9. The molecule has 0 bridgehead atoms. The third kappa shape index (κ3) is 5.77. The van der Waals surface area contributed by atoms with Crippen molar-refractivity contribution >= 4 is 28.8 Å². The molecule has 0 radical (unpaired) electrons. The van der Waals surface area contributed by atoms with Crippen molar-refractivity contribution < 1.29 is 0 Å². The van der Waals surface area contributed by atoms with Crippen LogP contribution in [0.4, 0.5) is 0 Å². The van der Waals surface area contributed by atoms with Gasteiger partial charge in [-0.25, -0.2) is 0 Å². The summed E-state index contributed by atoms with van der Waals surface area (Å²) < 4.78 is 0. The molecule has 1 saturated carbocycles. The van der Waals surface area contributed by atoms with E-state index >= 15 is 0 Å². The van der Waals surface area contributed by atoms with Crippen molar-refractivity contribution in [3.05, 3.63) is 77.5 Å². The zero-order valence-electron chi connectivity index (χ0n) is 18.3. The number of H-pyrrole nitrogens is 1. The Labute approximate surface area is 179 Å². The van der Waals surface area contributed by atoms with Gasteiger partial charge in [0.05, 0.1) is 5.52 Å². The number of hydrogen-bond acceptors (Lipinski definition) is 3. The molecular formula is C26H32N4. The van der Waals surface area contributed by atoms with Gasteiger partial charge in [-0.2, -0.15) is 5.10 Å². The number of fused-ring (bicyclic) bond motifs is 1. The molecule has 4 nitrogen and oxygen atoms in total. The molecule has 2 aromatic carbocycles. The minimum Gasteiger partial charge on any atom is -0.317 e. The van der Waals surface area contributed by atoms with Crippen LogP contribution in [-0.4, -0.2) is 36.5 Å². The molecule has 0 saturated heterocycles. The molecule has 1 fully saturated rings. The molecule has 0 aliphatic heterocycles. The Morgan fingerprint density at radius 3 is 2.57 bits per heavy atom. The molecule has 1 aliphatic carbocycles. The van der Waals surface area contributed by atoms with Crippen molar-refractivity contribution in [3.8, 4) is 0 Å².